The van der Waals surface area contributed by atoms with Crippen LogP contribution in [0.25, 0.3) is 0 Å². The maximum Gasteiger partial charge on any atom is 0.308 e. The van der Waals surface area contributed by atoms with E-state index in [1.807, 2.05) is 6.92 Å². The molecule has 0 bridgehead atoms. The maximum atomic E-state index is 11.0. The topological polar surface area (TPSA) is 78.6 Å². The van der Waals surface area contributed by atoms with Gasteiger partial charge in [-0.3, -0.25) is 9.59 Å². The van der Waals surface area contributed by atoms with Crippen molar-refractivity contribution in [3.63, 3.8) is 0 Å². The summed E-state index contributed by atoms with van der Waals surface area (Å²) in [6, 6.07) is 0. The Morgan fingerprint density at radius 3 is 2.60 bits per heavy atom. The van der Waals surface area contributed by atoms with Crippen LogP contribution in [0, 0.1) is 0 Å². The minimum Gasteiger partial charge on any atom is -0.438 e. The van der Waals surface area contributed by atoms with E-state index >= 15 is 0 Å². The molecule has 0 spiro atoms. The fraction of sp³-hybridized carbons (Fsp3) is 0.800. The summed E-state index contributed by atoms with van der Waals surface area (Å²) in [5, 5.41) is 0. The van der Waals surface area contributed by atoms with Gasteiger partial charge in [-0.05, 0) is 6.42 Å². The molecule has 5 nitrogen and oxygen atoms in total. The molecule has 2 N–H and O–H groups in total. The zero-order valence-corrected chi connectivity index (χ0v) is 9.16. The van der Waals surface area contributed by atoms with Crippen LogP contribution in [0.4, 0.5) is 0 Å². The number of hydrogen-bond donors (Lipinski definition) is 1. The Hall–Kier alpha value is -0.940. The Morgan fingerprint density at radius 1 is 1.27 bits per heavy atom. The Morgan fingerprint density at radius 2 is 2.00 bits per heavy atom. The summed E-state index contributed by atoms with van der Waals surface area (Å²) in [4.78, 5) is 21.8. The van der Waals surface area contributed by atoms with Gasteiger partial charge in [-0.1, -0.05) is 13.3 Å². The van der Waals surface area contributed by atoms with E-state index in [4.69, 9.17) is 15.2 Å². The minimum absolute atomic E-state index is 0.0275. The first-order valence-electron chi connectivity index (χ1n) is 5.15. The molecule has 0 fully saturated rings. The number of ether oxygens (including phenoxy) is 2. The second-order valence-corrected chi connectivity index (χ2v) is 3.14. The Kier molecular flexibility index (Phi) is 9.01. The van der Waals surface area contributed by atoms with Crippen LogP contribution < -0.4 is 5.73 Å². The SMILES string of the molecule is CCCCOCOC(=O)CCC(=O)CN. The van der Waals surface area contributed by atoms with Crippen LogP contribution in [0.15, 0.2) is 0 Å². The average Bonchev–Trinajstić information content (AvgIpc) is 2.25. The molecule has 0 saturated heterocycles. The molecule has 0 aromatic carbocycles. The van der Waals surface area contributed by atoms with E-state index in [0.717, 1.165) is 12.8 Å². The smallest absolute Gasteiger partial charge is 0.308 e. The molecule has 0 rings (SSSR count). The van der Waals surface area contributed by atoms with Gasteiger partial charge in [-0.15, -0.1) is 0 Å². The number of Topliss-reactive ketones (excluding diaryl/α,β-unsaturated/α-hetero) is 1. The van der Waals surface area contributed by atoms with E-state index in [0.29, 0.717) is 6.61 Å². The molecule has 0 aliphatic rings. The number of rotatable bonds is 9. The van der Waals surface area contributed by atoms with Crippen molar-refractivity contribution in [3.05, 3.63) is 0 Å². The van der Waals surface area contributed by atoms with Crippen LogP contribution in [0.1, 0.15) is 32.6 Å². The molecule has 0 amide bonds. The van der Waals surface area contributed by atoms with E-state index in [-0.39, 0.29) is 32.0 Å². The lowest BCUT2D eigenvalue weighted by Crippen LogP contribution is -2.16. The van der Waals surface area contributed by atoms with E-state index in [2.05, 4.69) is 0 Å². The lowest BCUT2D eigenvalue weighted by molar-refractivity contribution is -0.157. The summed E-state index contributed by atoms with van der Waals surface area (Å²) >= 11 is 0. The van der Waals surface area contributed by atoms with Gasteiger partial charge in [0.2, 0.25) is 0 Å². The molecule has 0 unspecified atom stereocenters. The average molecular weight is 217 g/mol. The lowest BCUT2D eigenvalue weighted by atomic mass is 10.2. The quantitative estimate of drug-likeness (QED) is 0.348. The highest BCUT2D eigenvalue weighted by atomic mass is 16.7. The summed E-state index contributed by atoms with van der Waals surface area (Å²) in [6.07, 6.45) is 2.21. The third-order valence-corrected chi connectivity index (χ3v) is 1.78. The molecule has 15 heavy (non-hydrogen) atoms. The second-order valence-electron chi connectivity index (χ2n) is 3.14. The number of hydrogen-bond acceptors (Lipinski definition) is 5. The van der Waals surface area contributed by atoms with Gasteiger partial charge in [-0.25, -0.2) is 0 Å². The largest absolute Gasteiger partial charge is 0.438 e. The molecule has 0 aliphatic heterocycles. The third-order valence-electron chi connectivity index (χ3n) is 1.78. The van der Waals surface area contributed by atoms with E-state index in [1.54, 1.807) is 0 Å². The number of carbonyl (C=O) groups excluding carboxylic acids is 2. The monoisotopic (exact) mass is 217 g/mol. The predicted molar refractivity (Wildman–Crippen MR) is 55.1 cm³/mol. The zero-order valence-electron chi connectivity index (χ0n) is 9.16. The molecule has 0 heterocycles. The maximum absolute atomic E-state index is 11.0. The van der Waals surface area contributed by atoms with Crippen molar-refractivity contribution in [2.75, 3.05) is 19.9 Å². The molecule has 0 aromatic rings. The fourth-order valence-corrected chi connectivity index (χ4v) is 0.828. The number of unbranched alkanes of at least 4 members (excludes halogenated alkanes) is 1. The van der Waals surface area contributed by atoms with E-state index in [1.165, 1.54) is 0 Å². The van der Waals surface area contributed by atoms with Gasteiger partial charge in [-0.2, -0.15) is 0 Å². The molecule has 0 saturated carbocycles. The highest BCUT2D eigenvalue weighted by Gasteiger charge is 2.06. The van der Waals surface area contributed by atoms with E-state index < -0.39 is 5.97 Å². The summed E-state index contributed by atoms with van der Waals surface area (Å²) in [6.45, 7) is 2.58. The summed E-state index contributed by atoms with van der Waals surface area (Å²) in [5.41, 5.74) is 5.09. The van der Waals surface area contributed by atoms with Gasteiger partial charge in [0, 0.05) is 6.42 Å². The first-order valence-corrected chi connectivity index (χ1v) is 5.15. The molecule has 0 aliphatic carbocycles. The predicted octanol–water partition coefficient (Wildman–Crippen LogP) is 0.612. The Labute approximate surface area is 89.9 Å². The van der Waals surface area contributed by atoms with Crippen molar-refractivity contribution in [1.82, 2.24) is 0 Å². The highest BCUT2D eigenvalue weighted by Crippen LogP contribution is 1.95. The first kappa shape index (κ1) is 14.1. The molecule has 5 heteroatoms. The lowest BCUT2D eigenvalue weighted by Gasteiger charge is -2.04. The third kappa shape index (κ3) is 9.37. The van der Waals surface area contributed by atoms with Crippen molar-refractivity contribution in [2.45, 2.75) is 32.6 Å². The second kappa shape index (κ2) is 9.61. The summed E-state index contributed by atoms with van der Waals surface area (Å²) in [7, 11) is 0. The van der Waals surface area contributed by atoms with Crippen LogP contribution in [-0.2, 0) is 19.1 Å². The number of esters is 1. The fourth-order valence-electron chi connectivity index (χ4n) is 0.828. The minimum atomic E-state index is -0.423. The van der Waals surface area contributed by atoms with Crippen LogP contribution in [0.3, 0.4) is 0 Å². The molecule has 0 aromatic heterocycles. The van der Waals surface area contributed by atoms with Crippen molar-refractivity contribution in [1.29, 1.82) is 0 Å². The Bertz CT molecular complexity index is 194. The van der Waals surface area contributed by atoms with Gasteiger partial charge in [0.25, 0.3) is 0 Å². The van der Waals surface area contributed by atoms with Crippen molar-refractivity contribution in [3.8, 4) is 0 Å². The van der Waals surface area contributed by atoms with Crippen LogP contribution in [-0.4, -0.2) is 31.7 Å². The van der Waals surface area contributed by atoms with Gasteiger partial charge < -0.3 is 15.2 Å². The number of carbonyl (C=O) groups is 2. The van der Waals surface area contributed by atoms with Crippen LogP contribution in [0.2, 0.25) is 0 Å². The molecule has 0 radical (unpaired) electrons. The van der Waals surface area contributed by atoms with E-state index in [9.17, 15) is 9.59 Å². The Balaban J connectivity index is 3.30. The van der Waals surface area contributed by atoms with Crippen LogP contribution in [0.5, 0.6) is 0 Å². The zero-order chi connectivity index (χ0) is 11.5. The highest BCUT2D eigenvalue weighted by molar-refractivity contribution is 5.84. The first-order chi connectivity index (χ1) is 7.20. The van der Waals surface area contributed by atoms with Crippen molar-refractivity contribution in [2.24, 2.45) is 5.73 Å². The normalized spacial score (nSPS) is 10.0. The molecular formula is C10H19NO4. The molecule has 0 atom stereocenters. The summed E-state index contributed by atoms with van der Waals surface area (Å²) in [5.74, 6) is -0.563. The number of ketones is 1. The van der Waals surface area contributed by atoms with Crippen molar-refractivity contribution < 1.29 is 19.1 Å². The van der Waals surface area contributed by atoms with Crippen LogP contribution >= 0.6 is 0 Å². The van der Waals surface area contributed by atoms with Gasteiger partial charge in [0.1, 0.15) is 5.78 Å². The van der Waals surface area contributed by atoms with Gasteiger partial charge in [0.05, 0.1) is 19.6 Å². The van der Waals surface area contributed by atoms with Gasteiger partial charge in [0.15, 0.2) is 6.79 Å². The summed E-state index contributed by atoms with van der Waals surface area (Å²) < 4.78 is 9.75. The standard InChI is InChI=1S/C10H19NO4/c1-2-3-6-14-8-15-10(13)5-4-9(12)7-11/h2-8,11H2,1H3. The number of nitrogens with two attached hydrogens (primary N) is 1. The van der Waals surface area contributed by atoms with Gasteiger partial charge >= 0.3 is 5.97 Å². The molecular weight excluding hydrogens is 198 g/mol. The molecule has 88 valence electrons. The van der Waals surface area contributed by atoms with Crippen molar-refractivity contribution >= 4 is 11.8 Å².